The summed E-state index contributed by atoms with van der Waals surface area (Å²) in [6, 6.07) is 0.567. The van der Waals surface area contributed by atoms with E-state index in [1.807, 2.05) is 6.92 Å². The number of halogens is 4. The molecule has 1 unspecified atom stereocenters. The van der Waals surface area contributed by atoms with Crippen molar-refractivity contribution in [3.8, 4) is 0 Å². The van der Waals surface area contributed by atoms with Crippen LogP contribution in [-0.4, -0.2) is 72.9 Å². The normalized spacial score (nSPS) is 32.9. The summed E-state index contributed by atoms with van der Waals surface area (Å²) >= 11 is 0. The van der Waals surface area contributed by atoms with Crippen LogP contribution in [0.4, 0.5) is 13.2 Å². The van der Waals surface area contributed by atoms with Crippen LogP contribution in [0.2, 0.25) is 0 Å². The van der Waals surface area contributed by atoms with Crippen molar-refractivity contribution in [1.29, 1.82) is 0 Å². The minimum absolute atomic E-state index is 0. The summed E-state index contributed by atoms with van der Waals surface area (Å²) in [5, 5.41) is 0. The largest absolute Gasteiger partial charge is 0.391 e. The molecule has 1 atom stereocenters. The number of guanidine groups is 1. The van der Waals surface area contributed by atoms with Crippen molar-refractivity contribution in [2.75, 3.05) is 32.8 Å². The van der Waals surface area contributed by atoms with Gasteiger partial charge in [-0.25, -0.2) is 4.99 Å². The van der Waals surface area contributed by atoms with Gasteiger partial charge in [0.1, 0.15) is 0 Å². The van der Waals surface area contributed by atoms with Gasteiger partial charge >= 0.3 is 6.18 Å². The second-order valence-electron chi connectivity index (χ2n) is 7.25. The van der Waals surface area contributed by atoms with Crippen molar-refractivity contribution in [3.63, 3.8) is 0 Å². The van der Waals surface area contributed by atoms with E-state index in [-0.39, 0.29) is 49.0 Å². The van der Waals surface area contributed by atoms with Gasteiger partial charge in [-0.05, 0) is 45.7 Å². The molecule has 2 heterocycles. The highest BCUT2D eigenvalue weighted by Gasteiger charge is 2.43. The summed E-state index contributed by atoms with van der Waals surface area (Å²) in [6.45, 7) is 5.29. The molecule has 0 spiro atoms. The number of rotatable bonds is 2. The van der Waals surface area contributed by atoms with Crippen LogP contribution in [0, 0.1) is 5.92 Å². The average Bonchev–Trinajstić information content (AvgIpc) is 2.49. The maximum absolute atomic E-state index is 12.7. The predicted octanol–water partition coefficient (Wildman–Crippen LogP) is 2.45. The number of hydrogen-bond acceptors (Lipinski definition) is 3. The lowest BCUT2D eigenvalue weighted by molar-refractivity contribution is -0.187. The van der Waals surface area contributed by atoms with Crippen LogP contribution < -0.4 is 5.73 Å². The average molecular weight is 476 g/mol. The van der Waals surface area contributed by atoms with Crippen LogP contribution in [0.3, 0.4) is 0 Å². The molecule has 25 heavy (non-hydrogen) atoms. The van der Waals surface area contributed by atoms with E-state index in [4.69, 9.17) is 10.5 Å². The zero-order valence-electron chi connectivity index (χ0n) is 14.5. The highest BCUT2D eigenvalue weighted by molar-refractivity contribution is 14.0. The molecule has 2 N–H and O–H groups in total. The topological polar surface area (TPSA) is 54.1 Å². The Bertz CT molecular complexity index is 463. The number of nitrogens with two attached hydrogens (primary N) is 1. The maximum Gasteiger partial charge on any atom is 0.391 e. The Morgan fingerprint density at radius 3 is 2.36 bits per heavy atom. The Morgan fingerprint density at radius 1 is 1.16 bits per heavy atom. The standard InChI is InChI=1S/C16H27F3N4O.HI/c1-11-10-23(6-7-24-11)15(20)21-13-8-14(9-13)22-4-2-12(3-5-22)16(17,18)19;/h11-14H,2-10H2,1H3,(H2,20,21);1H. The SMILES string of the molecule is CC1CN(C(N)=NC2CC(N3CCC(C(F)(F)F)CC3)C2)CCO1.I. The van der Waals surface area contributed by atoms with E-state index in [9.17, 15) is 13.2 Å². The fraction of sp³-hybridized carbons (Fsp3) is 0.938. The number of likely N-dealkylation sites (tertiary alicyclic amines) is 1. The molecule has 0 aromatic rings. The van der Waals surface area contributed by atoms with E-state index in [1.54, 1.807) is 0 Å². The van der Waals surface area contributed by atoms with Crippen LogP contribution in [0.15, 0.2) is 4.99 Å². The molecule has 0 amide bonds. The second kappa shape index (κ2) is 8.60. The first-order chi connectivity index (χ1) is 11.3. The number of nitrogens with zero attached hydrogens (tertiary/aromatic N) is 3. The van der Waals surface area contributed by atoms with Gasteiger partial charge in [0.25, 0.3) is 0 Å². The van der Waals surface area contributed by atoms with Crippen molar-refractivity contribution in [2.24, 2.45) is 16.6 Å². The Balaban J connectivity index is 0.00000225. The van der Waals surface area contributed by atoms with Crippen LogP contribution in [0.1, 0.15) is 32.6 Å². The molecule has 3 fully saturated rings. The molecular weight excluding hydrogens is 448 g/mol. The van der Waals surface area contributed by atoms with Gasteiger partial charge in [-0.3, -0.25) is 0 Å². The van der Waals surface area contributed by atoms with Crippen molar-refractivity contribution in [3.05, 3.63) is 0 Å². The van der Waals surface area contributed by atoms with Gasteiger partial charge < -0.3 is 20.3 Å². The molecule has 2 saturated heterocycles. The summed E-state index contributed by atoms with van der Waals surface area (Å²) in [4.78, 5) is 8.85. The first-order valence-corrected chi connectivity index (χ1v) is 8.83. The molecule has 5 nitrogen and oxygen atoms in total. The zero-order valence-corrected chi connectivity index (χ0v) is 16.9. The first kappa shape index (κ1) is 21.0. The van der Waals surface area contributed by atoms with Gasteiger partial charge in [0, 0.05) is 19.1 Å². The van der Waals surface area contributed by atoms with Crippen LogP contribution in [-0.2, 0) is 4.74 Å². The molecule has 0 bridgehead atoms. The molecule has 146 valence electrons. The smallest absolute Gasteiger partial charge is 0.375 e. The summed E-state index contributed by atoms with van der Waals surface area (Å²) < 4.78 is 43.6. The third-order valence-electron chi connectivity index (χ3n) is 5.48. The van der Waals surface area contributed by atoms with Crippen LogP contribution in [0.25, 0.3) is 0 Å². The molecule has 1 aliphatic carbocycles. The Hall–Kier alpha value is -0.290. The quantitative estimate of drug-likeness (QED) is 0.378. The number of piperidine rings is 1. The third kappa shape index (κ3) is 5.35. The van der Waals surface area contributed by atoms with E-state index in [0.29, 0.717) is 31.7 Å². The lowest BCUT2D eigenvalue weighted by atomic mass is 9.83. The summed E-state index contributed by atoms with van der Waals surface area (Å²) in [5.74, 6) is -0.550. The lowest BCUT2D eigenvalue weighted by Crippen LogP contribution is -2.52. The maximum atomic E-state index is 12.7. The molecular formula is C16H28F3IN4O. The number of morpholine rings is 1. The van der Waals surface area contributed by atoms with Crippen LogP contribution >= 0.6 is 24.0 Å². The van der Waals surface area contributed by atoms with E-state index in [0.717, 1.165) is 25.9 Å². The van der Waals surface area contributed by atoms with E-state index in [2.05, 4.69) is 14.8 Å². The molecule has 2 aliphatic heterocycles. The lowest BCUT2D eigenvalue weighted by Gasteiger charge is -2.45. The van der Waals surface area contributed by atoms with E-state index < -0.39 is 12.1 Å². The predicted molar refractivity (Wildman–Crippen MR) is 101 cm³/mol. The van der Waals surface area contributed by atoms with Gasteiger partial charge in [-0.15, -0.1) is 24.0 Å². The van der Waals surface area contributed by atoms with Gasteiger partial charge in [-0.1, -0.05) is 0 Å². The Labute approximate surface area is 164 Å². The van der Waals surface area contributed by atoms with Crippen molar-refractivity contribution < 1.29 is 17.9 Å². The Morgan fingerprint density at radius 2 is 1.80 bits per heavy atom. The Kier molecular flexibility index (Phi) is 7.23. The third-order valence-corrected chi connectivity index (χ3v) is 5.48. The molecule has 3 rings (SSSR count). The number of hydrogen-bond donors (Lipinski definition) is 1. The summed E-state index contributed by atoms with van der Waals surface area (Å²) in [7, 11) is 0. The van der Waals surface area contributed by atoms with Crippen molar-refractivity contribution in [2.45, 2.75) is 57.0 Å². The van der Waals surface area contributed by atoms with Gasteiger partial charge in [0.05, 0.1) is 24.7 Å². The molecule has 1 saturated carbocycles. The molecule has 0 radical (unpaired) electrons. The highest BCUT2D eigenvalue weighted by Crippen LogP contribution is 2.37. The fourth-order valence-corrected chi connectivity index (χ4v) is 3.85. The van der Waals surface area contributed by atoms with Gasteiger partial charge in [-0.2, -0.15) is 13.2 Å². The summed E-state index contributed by atoms with van der Waals surface area (Å²) in [5.41, 5.74) is 6.09. The van der Waals surface area contributed by atoms with E-state index in [1.165, 1.54) is 0 Å². The molecule has 0 aromatic carbocycles. The van der Waals surface area contributed by atoms with Crippen LogP contribution in [0.5, 0.6) is 0 Å². The van der Waals surface area contributed by atoms with Crippen molar-refractivity contribution >= 4 is 29.9 Å². The minimum atomic E-state index is -4.04. The van der Waals surface area contributed by atoms with Crippen molar-refractivity contribution in [1.82, 2.24) is 9.80 Å². The zero-order chi connectivity index (χ0) is 17.3. The molecule has 9 heteroatoms. The highest BCUT2D eigenvalue weighted by atomic mass is 127. The fourth-order valence-electron chi connectivity index (χ4n) is 3.85. The number of aliphatic imine (C=N–C) groups is 1. The van der Waals surface area contributed by atoms with Gasteiger partial charge in [0.2, 0.25) is 0 Å². The van der Waals surface area contributed by atoms with Gasteiger partial charge in [0.15, 0.2) is 5.96 Å². The minimum Gasteiger partial charge on any atom is -0.375 e. The molecule has 3 aliphatic rings. The second-order valence-corrected chi connectivity index (χ2v) is 7.25. The summed E-state index contributed by atoms with van der Waals surface area (Å²) in [6.07, 6.45) is -1.63. The van der Waals surface area contributed by atoms with E-state index >= 15 is 0 Å². The first-order valence-electron chi connectivity index (χ1n) is 8.83. The number of alkyl halides is 3. The molecule has 0 aromatic heterocycles. The number of ether oxygens (including phenoxy) is 1. The monoisotopic (exact) mass is 476 g/mol.